The van der Waals surface area contributed by atoms with E-state index in [1.165, 1.54) is 25.4 Å². The van der Waals surface area contributed by atoms with Crippen molar-refractivity contribution in [1.82, 2.24) is 4.98 Å². The molecule has 9 heteroatoms. The SMILES string of the molecule is COCCC(N)C(=O)Nc1ccc(OCC(F)(F)F)nc1. The molecule has 0 aliphatic rings. The number of anilines is 1. The largest absolute Gasteiger partial charge is 0.468 e. The van der Waals surface area contributed by atoms with Gasteiger partial charge in [0.25, 0.3) is 0 Å². The normalized spacial score (nSPS) is 12.8. The number of halogens is 3. The average Bonchev–Trinajstić information content (AvgIpc) is 2.43. The number of rotatable bonds is 7. The van der Waals surface area contributed by atoms with Gasteiger partial charge >= 0.3 is 6.18 Å². The molecule has 3 N–H and O–H groups in total. The molecule has 1 unspecified atom stereocenters. The predicted octanol–water partition coefficient (Wildman–Crippen LogP) is 1.32. The fraction of sp³-hybridized carbons (Fsp3) is 0.500. The molecule has 0 saturated carbocycles. The van der Waals surface area contributed by atoms with E-state index in [9.17, 15) is 18.0 Å². The van der Waals surface area contributed by atoms with Gasteiger partial charge < -0.3 is 20.5 Å². The Morgan fingerprint density at radius 1 is 1.48 bits per heavy atom. The van der Waals surface area contributed by atoms with Gasteiger partial charge in [-0.05, 0) is 12.5 Å². The summed E-state index contributed by atoms with van der Waals surface area (Å²) in [7, 11) is 1.49. The second kappa shape index (κ2) is 7.79. The van der Waals surface area contributed by atoms with Crippen LogP contribution < -0.4 is 15.8 Å². The molecule has 1 aromatic rings. The van der Waals surface area contributed by atoms with Crippen molar-refractivity contribution >= 4 is 11.6 Å². The summed E-state index contributed by atoms with van der Waals surface area (Å²) < 4.78 is 45.1. The van der Waals surface area contributed by atoms with Gasteiger partial charge in [-0.2, -0.15) is 13.2 Å². The Morgan fingerprint density at radius 2 is 2.19 bits per heavy atom. The third-order valence-corrected chi connectivity index (χ3v) is 2.36. The molecule has 0 bridgehead atoms. The van der Waals surface area contributed by atoms with Crippen molar-refractivity contribution < 1.29 is 27.4 Å². The number of hydrogen-bond acceptors (Lipinski definition) is 5. The number of nitrogens with two attached hydrogens (primary N) is 1. The standard InChI is InChI=1S/C12H16F3N3O3/c1-20-5-4-9(16)11(19)18-8-2-3-10(17-6-8)21-7-12(13,14)15/h2-3,6,9H,4-5,7,16H2,1H3,(H,18,19). The maximum absolute atomic E-state index is 11.9. The Kier molecular flexibility index (Phi) is 6.38. The third-order valence-electron chi connectivity index (χ3n) is 2.36. The van der Waals surface area contributed by atoms with Crippen LogP contribution in [0, 0.1) is 0 Å². The summed E-state index contributed by atoms with van der Waals surface area (Å²) in [6.45, 7) is -1.08. The Hall–Kier alpha value is -1.87. The van der Waals surface area contributed by atoms with Gasteiger partial charge in [0.05, 0.1) is 17.9 Å². The first-order valence-electron chi connectivity index (χ1n) is 6.03. The van der Waals surface area contributed by atoms with E-state index < -0.39 is 24.7 Å². The molecule has 0 aliphatic heterocycles. The summed E-state index contributed by atoms with van der Waals surface area (Å²) in [4.78, 5) is 15.3. The van der Waals surface area contributed by atoms with Crippen LogP contribution in [-0.2, 0) is 9.53 Å². The smallest absolute Gasteiger partial charge is 0.422 e. The molecule has 1 atom stereocenters. The molecule has 6 nitrogen and oxygen atoms in total. The zero-order chi connectivity index (χ0) is 15.9. The molecule has 0 aromatic carbocycles. The van der Waals surface area contributed by atoms with Crippen LogP contribution in [0.3, 0.4) is 0 Å². The number of aromatic nitrogens is 1. The van der Waals surface area contributed by atoms with Crippen molar-refractivity contribution in [2.24, 2.45) is 5.73 Å². The van der Waals surface area contributed by atoms with E-state index in [2.05, 4.69) is 15.0 Å². The van der Waals surface area contributed by atoms with E-state index in [0.717, 1.165) is 0 Å². The van der Waals surface area contributed by atoms with E-state index in [0.29, 0.717) is 18.7 Å². The third kappa shape index (κ3) is 6.91. The lowest BCUT2D eigenvalue weighted by Gasteiger charge is -2.12. The van der Waals surface area contributed by atoms with Crippen molar-refractivity contribution in [1.29, 1.82) is 0 Å². The van der Waals surface area contributed by atoms with E-state index in [1.54, 1.807) is 0 Å². The van der Waals surface area contributed by atoms with Gasteiger partial charge in [-0.3, -0.25) is 4.79 Å². The number of carbonyl (C=O) groups excluding carboxylic acids is 1. The zero-order valence-corrected chi connectivity index (χ0v) is 11.3. The monoisotopic (exact) mass is 307 g/mol. The Balaban J connectivity index is 2.49. The topological polar surface area (TPSA) is 86.5 Å². The van der Waals surface area contributed by atoms with Gasteiger partial charge in [-0.25, -0.2) is 4.98 Å². The van der Waals surface area contributed by atoms with Crippen LogP contribution in [-0.4, -0.2) is 43.4 Å². The summed E-state index contributed by atoms with van der Waals surface area (Å²) in [5, 5.41) is 2.49. The highest BCUT2D eigenvalue weighted by atomic mass is 19.4. The summed E-state index contributed by atoms with van der Waals surface area (Å²) >= 11 is 0. The summed E-state index contributed by atoms with van der Waals surface area (Å²) in [6.07, 6.45) is -2.89. The molecule has 0 radical (unpaired) electrons. The molecule has 21 heavy (non-hydrogen) atoms. The van der Waals surface area contributed by atoms with Crippen LogP contribution in [0.5, 0.6) is 5.88 Å². The Labute approximate surface area is 119 Å². The van der Waals surface area contributed by atoms with Crippen molar-refractivity contribution in [3.63, 3.8) is 0 Å². The first kappa shape index (κ1) is 17.2. The summed E-state index contributed by atoms with van der Waals surface area (Å²) in [5.41, 5.74) is 5.93. The van der Waals surface area contributed by atoms with Gasteiger partial charge in [-0.1, -0.05) is 0 Å². The molecule has 1 amide bonds. The molecule has 118 valence electrons. The average molecular weight is 307 g/mol. The predicted molar refractivity (Wildman–Crippen MR) is 68.9 cm³/mol. The lowest BCUT2D eigenvalue weighted by Crippen LogP contribution is -2.36. The van der Waals surface area contributed by atoms with Gasteiger partial charge in [0.2, 0.25) is 11.8 Å². The highest BCUT2D eigenvalue weighted by Crippen LogP contribution is 2.18. The Bertz CT molecular complexity index is 451. The molecule has 0 spiro atoms. The summed E-state index contributed by atoms with van der Waals surface area (Å²) in [5.74, 6) is -0.619. The van der Waals surface area contributed by atoms with Crippen LogP contribution in [0.4, 0.5) is 18.9 Å². The number of alkyl halides is 3. The number of amides is 1. The molecular formula is C12H16F3N3O3. The fourth-order valence-corrected chi connectivity index (χ4v) is 1.31. The van der Waals surface area contributed by atoms with Gasteiger partial charge in [0, 0.05) is 19.8 Å². The number of nitrogens with zero attached hydrogens (tertiary/aromatic N) is 1. The van der Waals surface area contributed by atoms with Crippen LogP contribution >= 0.6 is 0 Å². The van der Waals surface area contributed by atoms with Crippen LogP contribution in [0.25, 0.3) is 0 Å². The van der Waals surface area contributed by atoms with Crippen LogP contribution in [0.2, 0.25) is 0 Å². The minimum Gasteiger partial charge on any atom is -0.468 e. The summed E-state index contributed by atoms with van der Waals surface area (Å²) in [6, 6.07) is 1.85. The fourth-order valence-electron chi connectivity index (χ4n) is 1.31. The van der Waals surface area contributed by atoms with E-state index in [1.807, 2.05) is 0 Å². The maximum atomic E-state index is 11.9. The second-order valence-electron chi connectivity index (χ2n) is 4.17. The highest BCUT2D eigenvalue weighted by molar-refractivity contribution is 5.94. The van der Waals surface area contributed by atoms with Crippen molar-refractivity contribution in [3.05, 3.63) is 18.3 Å². The number of pyridine rings is 1. The molecule has 1 rings (SSSR count). The van der Waals surface area contributed by atoms with E-state index >= 15 is 0 Å². The van der Waals surface area contributed by atoms with Crippen molar-refractivity contribution in [2.75, 3.05) is 25.6 Å². The molecule has 0 saturated heterocycles. The molecule has 1 aromatic heterocycles. The second-order valence-corrected chi connectivity index (χ2v) is 4.17. The number of methoxy groups -OCH3 is 1. The molecule has 0 aliphatic carbocycles. The van der Waals surface area contributed by atoms with Gasteiger partial charge in [-0.15, -0.1) is 0 Å². The number of carbonyl (C=O) groups is 1. The lowest BCUT2D eigenvalue weighted by molar-refractivity contribution is -0.154. The molecule has 0 fully saturated rings. The van der Waals surface area contributed by atoms with Gasteiger partial charge in [0.1, 0.15) is 0 Å². The maximum Gasteiger partial charge on any atom is 0.422 e. The zero-order valence-electron chi connectivity index (χ0n) is 11.3. The minimum atomic E-state index is -4.43. The molecule has 1 heterocycles. The molecular weight excluding hydrogens is 291 g/mol. The van der Waals surface area contributed by atoms with Crippen LogP contribution in [0.1, 0.15) is 6.42 Å². The van der Waals surface area contributed by atoms with Gasteiger partial charge in [0.15, 0.2) is 6.61 Å². The lowest BCUT2D eigenvalue weighted by atomic mass is 10.2. The minimum absolute atomic E-state index is 0.186. The van der Waals surface area contributed by atoms with E-state index in [4.69, 9.17) is 10.5 Å². The number of nitrogens with one attached hydrogen (secondary N) is 1. The quantitative estimate of drug-likeness (QED) is 0.793. The first-order chi connectivity index (χ1) is 9.81. The highest BCUT2D eigenvalue weighted by Gasteiger charge is 2.28. The van der Waals surface area contributed by atoms with E-state index in [-0.39, 0.29) is 5.88 Å². The van der Waals surface area contributed by atoms with Crippen molar-refractivity contribution in [2.45, 2.75) is 18.6 Å². The van der Waals surface area contributed by atoms with Crippen LogP contribution in [0.15, 0.2) is 18.3 Å². The first-order valence-corrected chi connectivity index (χ1v) is 6.03. The Morgan fingerprint density at radius 3 is 2.71 bits per heavy atom. The van der Waals surface area contributed by atoms with Crippen molar-refractivity contribution in [3.8, 4) is 5.88 Å². The number of ether oxygens (including phenoxy) is 2. The number of hydrogen-bond donors (Lipinski definition) is 2.